The quantitative estimate of drug-likeness (QED) is 0.796. The fourth-order valence-corrected chi connectivity index (χ4v) is 1.45. The lowest BCUT2D eigenvalue weighted by Gasteiger charge is -2.48. The normalized spacial score (nSPS) is 19.2. The van der Waals surface area contributed by atoms with E-state index in [9.17, 15) is 4.79 Å². The Kier molecular flexibility index (Phi) is 3.01. The molecule has 0 aromatic heterocycles. The molecular formula is C9H15BrN2O. The van der Waals surface area contributed by atoms with Gasteiger partial charge in [0.25, 0.3) is 0 Å². The molecule has 0 spiro atoms. The van der Waals surface area contributed by atoms with Gasteiger partial charge in [0, 0.05) is 16.6 Å². The van der Waals surface area contributed by atoms with Crippen LogP contribution in [0.2, 0.25) is 0 Å². The van der Waals surface area contributed by atoms with Crippen LogP contribution in [0.4, 0.5) is 4.79 Å². The molecule has 0 aromatic rings. The van der Waals surface area contributed by atoms with Crippen molar-refractivity contribution in [2.24, 2.45) is 0 Å². The van der Waals surface area contributed by atoms with E-state index in [1.54, 1.807) is 0 Å². The zero-order chi connectivity index (χ0) is 10.1. The van der Waals surface area contributed by atoms with Gasteiger partial charge in [-0.2, -0.15) is 0 Å². The van der Waals surface area contributed by atoms with Gasteiger partial charge in [-0.1, -0.05) is 22.5 Å². The van der Waals surface area contributed by atoms with Gasteiger partial charge in [0.1, 0.15) is 0 Å². The summed E-state index contributed by atoms with van der Waals surface area (Å²) in [6.07, 6.45) is 1.08. The van der Waals surface area contributed by atoms with Gasteiger partial charge in [-0.25, -0.2) is 4.79 Å². The van der Waals surface area contributed by atoms with Crippen LogP contribution in [-0.2, 0) is 0 Å². The highest BCUT2D eigenvalue weighted by molar-refractivity contribution is 9.11. The van der Waals surface area contributed by atoms with Gasteiger partial charge in [0.2, 0.25) is 0 Å². The Labute approximate surface area is 87.3 Å². The van der Waals surface area contributed by atoms with Gasteiger partial charge < -0.3 is 10.2 Å². The van der Waals surface area contributed by atoms with Gasteiger partial charge in [-0.3, -0.25) is 0 Å². The van der Waals surface area contributed by atoms with Crippen LogP contribution < -0.4 is 5.32 Å². The summed E-state index contributed by atoms with van der Waals surface area (Å²) < 4.78 is 0.791. The third-order valence-electron chi connectivity index (χ3n) is 2.35. The Bertz CT molecular complexity index is 238. The van der Waals surface area contributed by atoms with E-state index in [1.807, 2.05) is 4.90 Å². The van der Waals surface area contributed by atoms with E-state index in [0.717, 1.165) is 17.4 Å². The Hall–Kier alpha value is -0.510. The molecule has 0 aromatic carbocycles. The Morgan fingerprint density at radius 1 is 1.69 bits per heavy atom. The monoisotopic (exact) mass is 246 g/mol. The number of likely N-dealkylation sites (tertiary alicyclic amines) is 1. The standard InChI is InChI=1S/C9H15BrN2O/c1-7(10)6-11-8(13)12-5-4-9(12,2)3/h1,4-6H2,2-3H3,(H,11,13). The molecule has 0 bridgehead atoms. The predicted octanol–water partition coefficient (Wildman–Crippen LogP) is 2.09. The Morgan fingerprint density at radius 2 is 2.31 bits per heavy atom. The summed E-state index contributed by atoms with van der Waals surface area (Å²) >= 11 is 3.19. The molecule has 1 fully saturated rings. The fourth-order valence-electron chi connectivity index (χ4n) is 1.31. The van der Waals surface area contributed by atoms with Gasteiger partial charge in [0.15, 0.2) is 0 Å². The number of carbonyl (C=O) groups is 1. The number of nitrogens with one attached hydrogen (secondary N) is 1. The summed E-state index contributed by atoms with van der Waals surface area (Å²) in [5.74, 6) is 0. The van der Waals surface area contributed by atoms with E-state index in [2.05, 4.69) is 41.7 Å². The van der Waals surface area contributed by atoms with E-state index in [-0.39, 0.29) is 11.6 Å². The maximum absolute atomic E-state index is 11.5. The average molecular weight is 247 g/mol. The van der Waals surface area contributed by atoms with Crippen molar-refractivity contribution < 1.29 is 4.79 Å². The van der Waals surface area contributed by atoms with E-state index in [0.29, 0.717) is 6.54 Å². The van der Waals surface area contributed by atoms with Crippen molar-refractivity contribution in [3.63, 3.8) is 0 Å². The van der Waals surface area contributed by atoms with Crippen molar-refractivity contribution in [1.29, 1.82) is 0 Å². The molecule has 1 aliphatic heterocycles. The first-order chi connectivity index (χ1) is 5.93. The molecule has 0 unspecified atom stereocenters. The van der Waals surface area contributed by atoms with Crippen LogP contribution >= 0.6 is 15.9 Å². The zero-order valence-electron chi connectivity index (χ0n) is 8.06. The van der Waals surface area contributed by atoms with Crippen LogP contribution in [0.1, 0.15) is 20.3 Å². The lowest BCUT2D eigenvalue weighted by Crippen LogP contribution is -2.61. The minimum atomic E-state index is -0.00292. The molecule has 1 aliphatic rings. The Morgan fingerprint density at radius 3 is 2.62 bits per heavy atom. The maximum atomic E-state index is 11.5. The third kappa shape index (κ3) is 2.46. The number of urea groups is 1. The molecule has 1 N–H and O–H groups in total. The molecule has 0 atom stereocenters. The van der Waals surface area contributed by atoms with Crippen LogP contribution in [0, 0.1) is 0 Å². The van der Waals surface area contributed by atoms with E-state index < -0.39 is 0 Å². The first-order valence-electron chi connectivity index (χ1n) is 4.32. The lowest BCUT2D eigenvalue weighted by molar-refractivity contribution is 0.0538. The summed E-state index contributed by atoms with van der Waals surface area (Å²) in [6, 6.07) is -0.00292. The van der Waals surface area contributed by atoms with Crippen LogP contribution in [0.3, 0.4) is 0 Å². The lowest BCUT2D eigenvalue weighted by atomic mass is 9.90. The smallest absolute Gasteiger partial charge is 0.318 e. The van der Waals surface area contributed by atoms with Crippen molar-refractivity contribution in [2.45, 2.75) is 25.8 Å². The molecule has 0 radical (unpaired) electrons. The molecule has 4 heteroatoms. The average Bonchev–Trinajstić information content (AvgIpc) is 1.99. The van der Waals surface area contributed by atoms with E-state index in [1.165, 1.54) is 0 Å². The van der Waals surface area contributed by atoms with Crippen molar-refractivity contribution in [3.05, 3.63) is 11.1 Å². The number of rotatable bonds is 2. The van der Waals surface area contributed by atoms with E-state index >= 15 is 0 Å². The van der Waals surface area contributed by atoms with Crippen molar-refractivity contribution in [2.75, 3.05) is 13.1 Å². The largest absolute Gasteiger partial charge is 0.333 e. The summed E-state index contributed by atoms with van der Waals surface area (Å²) in [5.41, 5.74) is 0.0255. The highest BCUT2D eigenvalue weighted by atomic mass is 79.9. The number of hydrogen-bond acceptors (Lipinski definition) is 1. The Balaban J connectivity index is 2.36. The summed E-state index contributed by atoms with van der Waals surface area (Å²) in [4.78, 5) is 13.3. The van der Waals surface area contributed by atoms with E-state index in [4.69, 9.17) is 0 Å². The molecule has 1 rings (SSSR count). The SMILES string of the molecule is C=C(Br)CNC(=O)N1CCC1(C)C. The molecule has 0 aliphatic carbocycles. The van der Waals surface area contributed by atoms with Crippen LogP contribution in [0.15, 0.2) is 11.1 Å². The van der Waals surface area contributed by atoms with Crippen molar-refractivity contribution in [3.8, 4) is 0 Å². The second kappa shape index (κ2) is 3.70. The van der Waals surface area contributed by atoms with Crippen LogP contribution in [-0.4, -0.2) is 29.6 Å². The first-order valence-corrected chi connectivity index (χ1v) is 5.11. The molecule has 74 valence electrons. The van der Waals surface area contributed by atoms with Gasteiger partial charge in [0.05, 0.1) is 6.54 Å². The summed E-state index contributed by atoms with van der Waals surface area (Å²) in [6.45, 7) is 9.13. The third-order valence-corrected chi connectivity index (χ3v) is 2.63. The second-order valence-corrected chi connectivity index (χ2v) is 5.01. The van der Waals surface area contributed by atoms with Crippen LogP contribution in [0.25, 0.3) is 0 Å². The maximum Gasteiger partial charge on any atom is 0.318 e. The molecular weight excluding hydrogens is 232 g/mol. The molecule has 2 amide bonds. The van der Waals surface area contributed by atoms with Crippen LogP contribution in [0.5, 0.6) is 0 Å². The van der Waals surface area contributed by atoms with Crippen molar-refractivity contribution in [1.82, 2.24) is 10.2 Å². The number of amides is 2. The number of halogens is 1. The highest BCUT2D eigenvalue weighted by Gasteiger charge is 2.38. The predicted molar refractivity (Wildman–Crippen MR) is 56.9 cm³/mol. The number of carbonyl (C=O) groups excluding carboxylic acids is 1. The molecule has 3 nitrogen and oxygen atoms in total. The highest BCUT2D eigenvalue weighted by Crippen LogP contribution is 2.28. The fraction of sp³-hybridized carbons (Fsp3) is 0.667. The number of hydrogen-bond donors (Lipinski definition) is 1. The summed E-state index contributed by atoms with van der Waals surface area (Å²) in [7, 11) is 0. The summed E-state index contributed by atoms with van der Waals surface area (Å²) in [5, 5.41) is 2.78. The zero-order valence-corrected chi connectivity index (χ0v) is 9.65. The van der Waals surface area contributed by atoms with Gasteiger partial charge in [-0.05, 0) is 20.3 Å². The second-order valence-electron chi connectivity index (χ2n) is 3.89. The minimum Gasteiger partial charge on any atom is -0.333 e. The minimum absolute atomic E-state index is 0.00292. The molecule has 1 heterocycles. The number of nitrogens with zero attached hydrogens (tertiary/aromatic N) is 1. The van der Waals surface area contributed by atoms with Crippen molar-refractivity contribution >= 4 is 22.0 Å². The topological polar surface area (TPSA) is 32.3 Å². The molecule has 0 saturated carbocycles. The molecule has 13 heavy (non-hydrogen) atoms. The van der Waals surface area contributed by atoms with Gasteiger partial charge in [-0.15, -0.1) is 0 Å². The first kappa shape index (κ1) is 10.6. The van der Waals surface area contributed by atoms with Gasteiger partial charge >= 0.3 is 6.03 Å². The molecule has 1 saturated heterocycles.